The summed E-state index contributed by atoms with van der Waals surface area (Å²) in [6.07, 6.45) is 2.44. The molecule has 0 saturated carbocycles. The van der Waals surface area contributed by atoms with E-state index in [4.69, 9.17) is 4.74 Å². The molecule has 0 aromatic rings. The maximum absolute atomic E-state index is 12.0. The number of halogens is 3. The van der Waals surface area contributed by atoms with Crippen molar-refractivity contribution >= 4 is 17.7 Å². The lowest BCUT2D eigenvalue weighted by atomic mass is 10.1. The largest absolute Gasteiger partial charge is 0.465 e. The molecule has 1 unspecified atom stereocenters. The normalized spacial score (nSPS) is 13.1. The van der Waals surface area contributed by atoms with Crippen LogP contribution < -0.4 is 0 Å². The first kappa shape index (κ1) is 22.6. The molecule has 0 bridgehead atoms. The Balaban J connectivity index is 3.85. The Morgan fingerprint density at radius 2 is 1.65 bits per heavy atom. The van der Waals surface area contributed by atoms with Gasteiger partial charge in [-0.2, -0.15) is 13.2 Å². The minimum atomic E-state index is -4.04. The lowest BCUT2D eigenvalue weighted by Crippen LogP contribution is -2.21. The zero-order valence-corrected chi connectivity index (χ0v) is 15.2. The van der Waals surface area contributed by atoms with Crippen LogP contribution in [0.25, 0.3) is 0 Å². The number of esters is 1. The second-order valence-electron chi connectivity index (χ2n) is 5.80. The highest BCUT2D eigenvalue weighted by Gasteiger charge is 2.25. The monoisotopic (exact) mass is 356 g/mol. The van der Waals surface area contributed by atoms with Crippen LogP contribution in [-0.4, -0.2) is 29.8 Å². The van der Waals surface area contributed by atoms with Gasteiger partial charge in [-0.1, -0.05) is 46.0 Å². The molecule has 138 valence electrons. The van der Waals surface area contributed by atoms with Crippen molar-refractivity contribution in [3.63, 3.8) is 0 Å². The first-order valence-corrected chi connectivity index (χ1v) is 9.80. The molecule has 0 rings (SSSR count). The van der Waals surface area contributed by atoms with E-state index in [0.717, 1.165) is 50.7 Å². The van der Waals surface area contributed by atoms with E-state index in [9.17, 15) is 18.0 Å². The quantitative estimate of drug-likeness (QED) is 0.276. The van der Waals surface area contributed by atoms with Crippen molar-refractivity contribution in [1.82, 2.24) is 0 Å². The van der Waals surface area contributed by atoms with E-state index in [0.29, 0.717) is 13.0 Å². The summed E-state index contributed by atoms with van der Waals surface area (Å²) in [5.41, 5.74) is 0. The Labute approximate surface area is 142 Å². The second-order valence-corrected chi connectivity index (χ2v) is 7.11. The van der Waals surface area contributed by atoms with E-state index >= 15 is 0 Å². The molecule has 0 aliphatic heterocycles. The third-order valence-corrected chi connectivity index (χ3v) is 4.85. The minimum absolute atomic E-state index is 0.123. The van der Waals surface area contributed by atoms with Gasteiger partial charge in [0.1, 0.15) is 5.25 Å². The van der Waals surface area contributed by atoms with E-state index < -0.39 is 12.6 Å². The van der Waals surface area contributed by atoms with Crippen molar-refractivity contribution in [3.8, 4) is 0 Å². The number of carbonyl (C=O) groups is 1. The van der Waals surface area contributed by atoms with Gasteiger partial charge in [0.2, 0.25) is 0 Å². The summed E-state index contributed by atoms with van der Waals surface area (Å²) in [5.74, 6) is 0.678. The SMILES string of the molecule is CCCCOC(=O)C(CCCC)SCCCCCCC(F)(F)F. The maximum Gasteiger partial charge on any atom is 0.389 e. The molecular weight excluding hydrogens is 325 g/mol. The zero-order valence-electron chi connectivity index (χ0n) is 14.4. The Hall–Kier alpha value is -0.390. The number of carbonyl (C=O) groups excluding carboxylic acids is 1. The van der Waals surface area contributed by atoms with Crippen LogP contribution in [0.3, 0.4) is 0 Å². The van der Waals surface area contributed by atoms with E-state index in [1.807, 2.05) is 0 Å². The van der Waals surface area contributed by atoms with Crippen LogP contribution in [0.2, 0.25) is 0 Å². The summed E-state index contributed by atoms with van der Waals surface area (Å²) in [7, 11) is 0. The summed E-state index contributed by atoms with van der Waals surface area (Å²) in [4.78, 5) is 12.0. The van der Waals surface area contributed by atoms with Gasteiger partial charge >= 0.3 is 12.1 Å². The van der Waals surface area contributed by atoms with Crippen LogP contribution in [0.5, 0.6) is 0 Å². The molecule has 0 saturated heterocycles. The van der Waals surface area contributed by atoms with Crippen molar-refractivity contribution in [2.24, 2.45) is 0 Å². The fraction of sp³-hybridized carbons (Fsp3) is 0.941. The third-order valence-electron chi connectivity index (χ3n) is 3.50. The van der Waals surface area contributed by atoms with Crippen molar-refractivity contribution in [2.75, 3.05) is 12.4 Å². The van der Waals surface area contributed by atoms with E-state index in [-0.39, 0.29) is 17.6 Å². The van der Waals surface area contributed by atoms with Crippen LogP contribution in [0.1, 0.15) is 78.1 Å². The van der Waals surface area contributed by atoms with Crippen molar-refractivity contribution < 1.29 is 22.7 Å². The molecule has 0 aliphatic carbocycles. The molecule has 0 spiro atoms. The topological polar surface area (TPSA) is 26.3 Å². The van der Waals surface area contributed by atoms with E-state index in [1.165, 1.54) is 0 Å². The molecule has 2 nitrogen and oxygen atoms in total. The highest BCUT2D eigenvalue weighted by molar-refractivity contribution is 8.00. The van der Waals surface area contributed by atoms with Gasteiger partial charge in [-0.3, -0.25) is 4.79 Å². The highest BCUT2D eigenvalue weighted by atomic mass is 32.2. The molecule has 0 N–H and O–H groups in total. The first-order chi connectivity index (χ1) is 10.9. The van der Waals surface area contributed by atoms with Crippen LogP contribution in [0, 0.1) is 0 Å². The van der Waals surface area contributed by atoms with Gasteiger partial charge < -0.3 is 4.74 Å². The van der Waals surface area contributed by atoms with Gasteiger partial charge in [0.25, 0.3) is 0 Å². The number of rotatable bonds is 14. The summed E-state index contributed by atoms with van der Waals surface area (Å²) in [6.45, 7) is 4.62. The Morgan fingerprint density at radius 1 is 1.00 bits per heavy atom. The Kier molecular flexibility index (Phi) is 13.8. The summed E-state index contributed by atoms with van der Waals surface area (Å²) >= 11 is 1.59. The number of thioether (sulfide) groups is 1. The van der Waals surface area contributed by atoms with Gasteiger partial charge in [0.15, 0.2) is 0 Å². The second kappa shape index (κ2) is 14.0. The zero-order chi connectivity index (χ0) is 17.6. The molecular formula is C17H31F3O2S. The van der Waals surface area contributed by atoms with Gasteiger partial charge in [-0.15, -0.1) is 11.8 Å². The van der Waals surface area contributed by atoms with E-state index in [1.54, 1.807) is 11.8 Å². The fourth-order valence-corrected chi connectivity index (χ4v) is 3.27. The molecule has 0 radical (unpaired) electrons. The summed E-state index contributed by atoms with van der Waals surface area (Å²) in [5, 5.41) is -0.123. The predicted octanol–water partition coefficient (Wildman–Crippen LogP) is 6.13. The Bertz CT molecular complexity index is 296. The van der Waals surface area contributed by atoms with E-state index in [2.05, 4.69) is 13.8 Å². The van der Waals surface area contributed by atoms with Crippen LogP contribution in [-0.2, 0) is 9.53 Å². The number of unbranched alkanes of at least 4 members (excludes halogenated alkanes) is 5. The molecule has 0 amide bonds. The first-order valence-electron chi connectivity index (χ1n) is 8.75. The lowest BCUT2D eigenvalue weighted by Gasteiger charge is -2.15. The minimum Gasteiger partial charge on any atom is -0.465 e. The molecule has 0 heterocycles. The van der Waals surface area contributed by atoms with Crippen molar-refractivity contribution in [3.05, 3.63) is 0 Å². The van der Waals surface area contributed by atoms with Gasteiger partial charge in [-0.05, 0) is 31.4 Å². The molecule has 6 heteroatoms. The predicted molar refractivity (Wildman–Crippen MR) is 90.8 cm³/mol. The number of alkyl halides is 3. The molecule has 0 aromatic heterocycles. The number of hydrogen-bond donors (Lipinski definition) is 0. The Morgan fingerprint density at radius 3 is 2.26 bits per heavy atom. The lowest BCUT2D eigenvalue weighted by molar-refractivity contribution is -0.143. The van der Waals surface area contributed by atoms with Crippen molar-refractivity contribution in [1.29, 1.82) is 0 Å². The molecule has 0 fully saturated rings. The van der Waals surface area contributed by atoms with Crippen molar-refractivity contribution in [2.45, 2.75) is 89.5 Å². The molecule has 1 atom stereocenters. The highest BCUT2D eigenvalue weighted by Crippen LogP contribution is 2.24. The average molecular weight is 356 g/mol. The molecule has 0 aromatic carbocycles. The number of hydrogen-bond acceptors (Lipinski definition) is 3. The maximum atomic E-state index is 12.0. The van der Waals surface area contributed by atoms with Crippen LogP contribution in [0.4, 0.5) is 13.2 Å². The average Bonchev–Trinajstić information content (AvgIpc) is 2.48. The third kappa shape index (κ3) is 14.9. The molecule has 23 heavy (non-hydrogen) atoms. The summed E-state index contributed by atoms with van der Waals surface area (Å²) in [6, 6.07) is 0. The van der Waals surface area contributed by atoms with Crippen LogP contribution in [0.15, 0.2) is 0 Å². The van der Waals surface area contributed by atoms with Gasteiger partial charge in [0, 0.05) is 6.42 Å². The number of ether oxygens (including phenoxy) is 1. The molecule has 0 aliphatic rings. The van der Waals surface area contributed by atoms with Gasteiger partial charge in [0.05, 0.1) is 6.61 Å². The summed E-state index contributed by atoms with van der Waals surface area (Å²) < 4.78 is 41.3. The standard InChI is InChI=1S/C17H31F3O2S/c1-3-5-11-15(16(21)22-13-6-4-2)23-14-10-8-7-9-12-17(18,19)20/h15H,3-14H2,1-2H3. The smallest absolute Gasteiger partial charge is 0.389 e. The fourth-order valence-electron chi connectivity index (χ4n) is 2.08. The van der Waals surface area contributed by atoms with Crippen LogP contribution >= 0.6 is 11.8 Å². The van der Waals surface area contributed by atoms with Gasteiger partial charge in [-0.25, -0.2) is 0 Å².